The molecule has 6 heteroatoms. The Labute approximate surface area is 144 Å². The van der Waals surface area contributed by atoms with Crippen LogP contribution in [0, 0.1) is 11.8 Å². The second-order valence-electron chi connectivity index (χ2n) is 6.49. The fourth-order valence-electron chi connectivity index (χ4n) is 3.45. The lowest BCUT2D eigenvalue weighted by Gasteiger charge is -2.30. The Hall–Kier alpha value is -0.510. The molecule has 1 fully saturated rings. The molecule has 0 amide bonds. The molecule has 3 unspecified atom stereocenters. The lowest BCUT2D eigenvalue weighted by Crippen LogP contribution is -2.32. The normalized spacial score (nSPS) is 23.5. The maximum Gasteiger partial charge on any atom is 0.505 e. The minimum Gasteiger partial charge on any atom is -0.392 e. The average molecular weight is 359 g/mol. The van der Waals surface area contributed by atoms with Gasteiger partial charge in [-0.15, -0.1) is 0 Å². The number of aliphatic hydroxyl groups is 1. The van der Waals surface area contributed by atoms with Gasteiger partial charge in [-0.1, -0.05) is 36.6 Å². The van der Waals surface area contributed by atoms with Crippen molar-refractivity contribution in [2.45, 2.75) is 44.8 Å². The van der Waals surface area contributed by atoms with Gasteiger partial charge in [0.2, 0.25) is 0 Å². The lowest BCUT2D eigenvalue weighted by atomic mass is 9.77. The van der Waals surface area contributed by atoms with E-state index in [4.69, 9.17) is 16.5 Å². The summed E-state index contributed by atoms with van der Waals surface area (Å²) >= 11 is 5.86. The third-order valence-electron chi connectivity index (χ3n) is 4.65. The Morgan fingerprint density at radius 2 is 1.87 bits per heavy atom. The van der Waals surface area contributed by atoms with Crippen molar-refractivity contribution in [1.82, 2.24) is 5.32 Å². The highest BCUT2D eigenvalue weighted by molar-refractivity contribution is 7.38. The number of rotatable bonds is 8. The number of benzene rings is 1. The van der Waals surface area contributed by atoms with E-state index in [1.807, 2.05) is 24.3 Å². The minimum absolute atomic E-state index is 0.281. The molecule has 1 aliphatic rings. The van der Waals surface area contributed by atoms with E-state index in [2.05, 4.69) is 5.32 Å². The van der Waals surface area contributed by atoms with Crippen LogP contribution in [0.15, 0.2) is 24.3 Å². The van der Waals surface area contributed by atoms with E-state index in [0.29, 0.717) is 31.6 Å². The first-order chi connectivity index (χ1) is 11.0. The summed E-state index contributed by atoms with van der Waals surface area (Å²) in [6, 6.07) is 7.66. The number of halogens is 1. The first-order valence-electron chi connectivity index (χ1n) is 8.31. The summed E-state index contributed by atoms with van der Waals surface area (Å²) < 4.78 is 11.1. The van der Waals surface area contributed by atoms with Crippen LogP contribution in [-0.4, -0.2) is 28.8 Å². The molecule has 0 aromatic heterocycles. The molecule has 0 heterocycles. The largest absolute Gasteiger partial charge is 0.505 e. The summed E-state index contributed by atoms with van der Waals surface area (Å²) in [6.45, 7) is 1.24. The molecule has 1 saturated carbocycles. The summed E-state index contributed by atoms with van der Waals surface area (Å²) in [5.41, 5.74) is 1.13. The zero-order valence-corrected chi connectivity index (χ0v) is 15.0. The Bertz CT molecular complexity index is 497. The summed E-state index contributed by atoms with van der Waals surface area (Å²) in [7, 11) is -2.08. The van der Waals surface area contributed by atoms with Crippen LogP contribution in [0.5, 0.6) is 0 Å². The van der Waals surface area contributed by atoms with Gasteiger partial charge in [-0.25, -0.2) is 0 Å². The molecule has 4 nitrogen and oxygen atoms in total. The molecule has 0 bridgehead atoms. The van der Waals surface area contributed by atoms with Gasteiger partial charge in [0.05, 0.1) is 6.10 Å². The molecule has 1 aliphatic carbocycles. The van der Waals surface area contributed by atoms with Gasteiger partial charge in [0.25, 0.3) is 0 Å². The van der Waals surface area contributed by atoms with E-state index >= 15 is 0 Å². The van der Waals surface area contributed by atoms with E-state index in [1.54, 1.807) is 0 Å². The van der Waals surface area contributed by atoms with Crippen molar-refractivity contribution in [1.29, 1.82) is 0 Å². The fourth-order valence-corrected chi connectivity index (χ4v) is 4.46. The number of hydrogen-bond acceptors (Lipinski definition) is 3. The second-order valence-corrected chi connectivity index (χ2v) is 7.99. The van der Waals surface area contributed by atoms with Crippen molar-refractivity contribution in [2.24, 2.45) is 11.8 Å². The van der Waals surface area contributed by atoms with Crippen LogP contribution in [0.25, 0.3) is 0 Å². The van der Waals surface area contributed by atoms with Crippen molar-refractivity contribution in [3.05, 3.63) is 34.9 Å². The monoisotopic (exact) mass is 358 g/mol. The van der Waals surface area contributed by atoms with E-state index in [-0.39, 0.29) is 5.92 Å². The van der Waals surface area contributed by atoms with Gasteiger partial charge >= 0.3 is 8.03 Å². The molecule has 1 aromatic carbocycles. The van der Waals surface area contributed by atoms with E-state index in [9.17, 15) is 9.67 Å². The third kappa shape index (κ3) is 6.86. The standard InChI is InChI=1S/C17H25ClNO3P/c18-16-7-5-13(6-8-16)10-19-11-17(20)9-14-3-1-2-4-15(14)12-23(21)22/h5-8,14-15,17,19-20H,1-4,9-12H2/p+1/t14-,15?,17?/m0/s1. The number of aliphatic hydroxyl groups excluding tert-OH is 1. The maximum absolute atomic E-state index is 11.1. The van der Waals surface area contributed by atoms with E-state index < -0.39 is 14.1 Å². The smallest absolute Gasteiger partial charge is 0.392 e. The molecule has 128 valence electrons. The van der Waals surface area contributed by atoms with Crippen LogP contribution in [0.3, 0.4) is 0 Å². The predicted octanol–water partition coefficient (Wildman–Crippen LogP) is 3.72. The fraction of sp³-hybridized carbons (Fsp3) is 0.647. The molecule has 2 rings (SSSR count). The van der Waals surface area contributed by atoms with Crippen molar-refractivity contribution in [3.8, 4) is 0 Å². The molecule has 0 radical (unpaired) electrons. The number of hydrogen-bond donors (Lipinski definition) is 3. The van der Waals surface area contributed by atoms with Crippen molar-refractivity contribution < 1.29 is 14.6 Å². The molecule has 1 aromatic rings. The first-order valence-corrected chi connectivity index (χ1v) is 10.1. The lowest BCUT2D eigenvalue weighted by molar-refractivity contribution is 0.108. The zero-order chi connectivity index (χ0) is 16.7. The average Bonchev–Trinajstić information content (AvgIpc) is 2.51. The van der Waals surface area contributed by atoms with Crippen LogP contribution in [0.4, 0.5) is 0 Å². The SMILES string of the molecule is O=[P+](O)CC1CCCC[C@H]1CC(O)CNCc1ccc(Cl)cc1. The van der Waals surface area contributed by atoms with Crippen molar-refractivity contribution in [2.75, 3.05) is 12.7 Å². The van der Waals surface area contributed by atoms with Crippen LogP contribution >= 0.6 is 19.6 Å². The first kappa shape index (κ1) is 18.8. The molecule has 0 saturated heterocycles. The summed E-state index contributed by atoms with van der Waals surface area (Å²) in [5, 5.41) is 14.2. The molecular formula is C17H26ClNO3P+. The maximum atomic E-state index is 11.1. The summed E-state index contributed by atoms with van der Waals surface area (Å²) in [5.74, 6) is 0.644. The molecule has 4 atom stereocenters. The van der Waals surface area contributed by atoms with Crippen LogP contribution in [0.1, 0.15) is 37.7 Å². The van der Waals surface area contributed by atoms with Crippen LogP contribution in [0.2, 0.25) is 5.02 Å². The molecule has 0 aliphatic heterocycles. The molecular weight excluding hydrogens is 333 g/mol. The highest BCUT2D eigenvalue weighted by Crippen LogP contribution is 2.37. The second kappa shape index (κ2) is 9.71. The summed E-state index contributed by atoms with van der Waals surface area (Å²) in [6.07, 6.45) is 5.04. The Morgan fingerprint density at radius 1 is 1.22 bits per heavy atom. The van der Waals surface area contributed by atoms with Crippen LogP contribution < -0.4 is 5.32 Å². The molecule has 3 N–H and O–H groups in total. The van der Waals surface area contributed by atoms with E-state index in [0.717, 1.165) is 36.3 Å². The van der Waals surface area contributed by atoms with Gasteiger partial charge in [-0.2, -0.15) is 4.89 Å². The number of nitrogens with one attached hydrogen (secondary N) is 1. The zero-order valence-electron chi connectivity index (χ0n) is 13.3. The quantitative estimate of drug-likeness (QED) is 0.619. The summed E-state index contributed by atoms with van der Waals surface area (Å²) in [4.78, 5) is 9.17. The Balaban J connectivity index is 1.73. The highest BCUT2D eigenvalue weighted by atomic mass is 35.5. The Morgan fingerprint density at radius 3 is 2.52 bits per heavy atom. The van der Waals surface area contributed by atoms with Gasteiger partial charge in [0, 0.05) is 24.0 Å². The third-order valence-corrected chi connectivity index (χ3v) is 5.69. The Kier molecular flexibility index (Phi) is 7.94. The van der Waals surface area contributed by atoms with Gasteiger partial charge in [-0.3, -0.25) is 0 Å². The highest BCUT2D eigenvalue weighted by Gasteiger charge is 2.32. The minimum atomic E-state index is -2.08. The van der Waals surface area contributed by atoms with Gasteiger partial charge in [0.15, 0.2) is 6.16 Å². The predicted molar refractivity (Wildman–Crippen MR) is 93.9 cm³/mol. The molecule has 0 spiro atoms. The topological polar surface area (TPSA) is 69.6 Å². The van der Waals surface area contributed by atoms with Crippen molar-refractivity contribution >= 4 is 19.6 Å². The van der Waals surface area contributed by atoms with Crippen molar-refractivity contribution in [3.63, 3.8) is 0 Å². The van der Waals surface area contributed by atoms with E-state index in [1.165, 1.54) is 0 Å². The van der Waals surface area contributed by atoms with Gasteiger partial charge in [0.1, 0.15) is 0 Å². The molecule has 23 heavy (non-hydrogen) atoms. The van der Waals surface area contributed by atoms with Crippen LogP contribution in [-0.2, 0) is 11.1 Å². The van der Waals surface area contributed by atoms with Gasteiger partial charge < -0.3 is 10.4 Å². The van der Waals surface area contributed by atoms with Gasteiger partial charge in [-0.05, 0) is 47.4 Å².